The van der Waals surface area contributed by atoms with Gasteiger partial charge in [-0.2, -0.15) is 0 Å². The van der Waals surface area contributed by atoms with Crippen LogP contribution in [0.15, 0.2) is 23.3 Å². The van der Waals surface area contributed by atoms with Crippen molar-refractivity contribution in [2.45, 2.75) is 33.7 Å². The first-order valence-electron chi connectivity index (χ1n) is 3.50. The Morgan fingerprint density at radius 3 is 1.50 bits per heavy atom. The molecule has 0 aliphatic rings. The van der Waals surface area contributed by atoms with E-state index in [0.717, 1.165) is 11.1 Å². The SMILES string of the molecule is CC(C)=CC([N])C=C(C)C. The number of rotatable bonds is 2. The van der Waals surface area contributed by atoms with Crippen molar-refractivity contribution in [1.29, 1.82) is 0 Å². The van der Waals surface area contributed by atoms with E-state index in [1.807, 2.05) is 39.8 Å². The standard InChI is InChI=1S/C9H15N/c1-7(2)5-9(10)6-8(3)4/h5-6,9H,1-4H3. The van der Waals surface area contributed by atoms with E-state index in [1.165, 1.54) is 0 Å². The third kappa shape index (κ3) is 5.57. The zero-order chi connectivity index (χ0) is 8.15. The van der Waals surface area contributed by atoms with Crippen molar-refractivity contribution < 1.29 is 0 Å². The average molecular weight is 137 g/mol. The normalized spacial score (nSPS) is 9.40. The fraction of sp³-hybridized carbons (Fsp3) is 0.556. The van der Waals surface area contributed by atoms with Crippen LogP contribution in [0.1, 0.15) is 27.7 Å². The van der Waals surface area contributed by atoms with Gasteiger partial charge in [0.15, 0.2) is 0 Å². The molecule has 1 heteroatoms. The van der Waals surface area contributed by atoms with Crippen LogP contribution >= 0.6 is 0 Å². The average Bonchev–Trinajstić information content (AvgIpc) is 1.58. The lowest BCUT2D eigenvalue weighted by Gasteiger charge is -1.97. The molecule has 0 aromatic heterocycles. The summed E-state index contributed by atoms with van der Waals surface area (Å²) in [6.45, 7) is 7.90. The molecule has 0 unspecified atom stereocenters. The van der Waals surface area contributed by atoms with E-state index in [-0.39, 0.29) is 0 Å². The molecular formula is C9H15N. The zero-order valence-corrected chi connectivity index (χ0v) is 7.18. The highest BCUT2D eigenvalue weighted by molar-refractivity contribution is 5.11. The maximum absolute atomic E-state index is 9.24. The Morgan fingerprint density at radius 2 is 1.30 bits per heavy atom. The van der Waals surface area contributed by atoms with E-state index in [9.17, 15) is 5.73 Å². The van der Waals surface area contributed by atoms with Gasteiger partial charge < -0.3 is 0 Å². The summed E-state index contributed by atoms with van der Waals surface area (Å²) in [5.41, 5.74) is 11.5. The van der Waals surface area contributed by atoms with Gasteiger partial charge in [0.25, 0.3) is 0 Å². The molecule has 0 spiro atoms. The molecule has 0 saturated heterocycles. The quantitative estimate of drug-likeness (QED) is 0.521. The lowest BCUT2D eigenvalue weighted by molar-refractivity contribution is 0.958. The summed E-state index contributed by atoms with van der Waals surface area (Å²) in [5.74, 6) is 0. The molecule has 0 heterocycles. The molecule has 0 aliphatic carbocycles. The Kier molecular flexibility index (Phi) is 4.05. The Hall–Kier alpha value is -0.560. The van der Waals surface area contributed by atoms with Crippen LogP contribution in [0.3, 0.4) is 0 Å². The van der Waals surface area contributed by atoms with Gasteiger partial charge in [0.05, 0.1) is 6.04 Å². The molecule has 0 bridgehead atoms. The topological polar surface area (TPSA) is 22.3 Å². The van der Waals surface area contributed by atoms with Gasteiger partial charge in [-0.1, -0.05) is 23.3 Å². The highest BCUT2D eigenvalue weighted by Crippen LogP contribution is 1.98. The van der Waals surface area contributed by atoms with Crippen LogP contribution in [0, 0.1) is 0 Å². The van der Waals surface area contributed by atoms with Gasteiger partial charge in [-0.15, -0.1) is 5.73 Å². The third-order valence-electron chi connectivity index (χ3n) is 1.01. The summed E-state index contributed by atoms with van der Waals surface area (Å²) < 4.78 is 0. The van der Waals surface area contributed by atoms with E-state index >= 15 is 0 Å². The van der Waals surface area contributed by atoms with Gasteiger partial charge in [-0.05, 0) is 27.7 Å². The Bertz CT molecular complexity index is 128. The number of hydrogen-bond acceptors (Lipinski definition) is 0. The fourth-order valence-electron chi connectivity index (χ4n) is 0.731. The molecule has 0 atom stereocenters. The molecule has 56 valence electrons. The molecule has 0 rings (SSSR count). The summed E-state index contributed by atoms with van der Waals surface area (Å²) in [6.07, 6.45) is 3.65. The lowest BCUT2D eigenvalue weighted by atomic mass is 10.1. The first-order chi connectivity index (χ1) is 4.52. The van der Waals surface area contributed by atoms with Crippen LogP contribution in [0.25, 0.3) is 0 Å². The summed E-state index contributed by atoms with van der Waals surface area (Å²) in [4.78, 5) is 0. The van der Waals surface area contributed by atoms with Gasteiger partial charge in [-0.25, -0.2) is 0 Å². The van der Waals surface area contributed by atoms with Crippen LogP contribution in [0.2, 0.25) is 0 Å². The van der Waals surface area contributed by atoms with Crippen molar-refractivity contribution in [3.63, 3.8) is 0 Å². The number of hydrogen-bond donors (Lipinski definition) is 0. The largest absolute Gasteiger partial charge is 0.132 e. The van der Waals surface area contributed by atoms with Crippen molar-refractivity contribution in [1.82, 2.24) is 5.73 Å². The molecule has 0 saturated carbocycles. The van der Waals surface area contributed by atoms with Crippen LogP contribution < -0.4 is 5.73 Å². The van der Waals surface area contributed by atoms with Crippen LogP contribution in [0.4, 0.5) is 0 Å². The molecule has 0 amide bonds. The van der Waals surface area contributed by atoms with Crippen molar-refractivity contribution in [2.24, 2.45) is 0 Å². The molecule has 0 N–H and O–H groups in total. The number of nitrogens with zero attached hydrogens (tertiary/aromatic N) is 1. The summed E-state index contributed by atoms with van der Waals surface area (Å²) >= 11 is 0. The van der Waals surface area contributed by atoms with Crippen molar-refractivity contribution in [2.75, 3.05) is 0 Å². The highest BCUT2D eigenvalue weighted by atomic mass is 14.6. The van der Waals surface area contributed by atoms with Gasteiger partial charge in [-0.3, -0.25) is 0 Å². The van der Waals surface area contributed by atoms with E-state index in [1.54, 1.807) is 0 Å². The van der Waals surface area contributed by atoms with Crippen LogP contribution in [-0.4, -0.2) is 6.04 Å². The van der Waals surface area contributed by atoms with E-state index in [2.05, 4.69) is 0 Å². The Labute approximate surface area is 63.6 Å². The molecule has 10 heavy (non-hydrogen) atoms. The summed E-state index contributed by atoms with van der Waals surface area (Å²) in [6, 6.07) is -0.407. The highest BCUT2D eigenvalue weighted by Gasteiger charge is 1.93. The van der Waals surface area contributed by atoms with Gasteiger partial charge in [0, 0.05) is 0 Å². The minimum Gasteiger partial charge on any atom is -0.132 e. The second kappa shape index (κ2) is 4.29. The summed E-state index contributed by atoms with van der Waals surface area (Å²) in [5, 5.41) is 0. The number of allylic oxidation sites excluding steroid dienone is 2. The molecule has 0 aliphatic heterocycles. The van der Waals surface area contributed by atoms with E-state index in [4.69, 9.17) is 0 Å². The third-order valence-corrected chi connectivity index (χ3v) is 1.01. The van der Waals surface area contributed by atoms with Crippen molar-refractivity contribution >= 4 is 0 Å². The lowest BCUT2D eigenvalue weighted by Crippen LogP contribution is -2.00. The maximum Gasteiger partial charge on any atom is 0.0800 e. The molecule has 1 nitrogen and oxygen atoms in total. The molecular weight excluding hydrogens is 122 g/mol. The first kappa shape index (κ1) is 9.44. The van der Waals surface area contributed by atoms with Crippen molar-refractivity contribution in [3.8, 4) is 0 Å². The Morgan fingerprint density at radius 1 is 1.00 bits per heavy atom. The van der Waals surface area contributed by atoms with E-state index < -0.39 is 6.04 Å². The monoisotopic (exact) mass is 137 g/mol. The first-order valence-corrected chi connectivity index (χ1v) is 3.50. The fourth-order valence-corrected chi connectivity index (χ4v) is 0.731. The molecule has 0 fully saturated rings. The minimum absolute atomic E-state index is 0.407. The smallest absolute Gasteiger partial charge is 0.0800 e. The second-order valence-corrected chi connectivity index (χ2v) is 2.98. The maximum atomic E-state index is 9.24. The van der Waals surface area contributed by atoms with Crippen LogP contribution in [0.5, 0.6) is 0 Å². The van der Waals surface area contributed by atoms with Gasteiger partial charge in [0.2, 0.25) is 0 Å². The Balaban J connectivity index is 3.99. The molecule has 0 aromatic carbocycles. The zero-order valence-electron chi connectivity index (χ0n) is 7.18. The minimum atomic E-state index is -0.407. The summed E-state index contributed by atoms with van der Waals surface area (Å²) in [7, 11) is 0. The van der Waals surface area contributed by atoms with E-state index in [0.29, 0.717) is 0 Å². The molecule has 0 aromatic rings. The predicted octanol–water partition coefficient (Wildman–Crippen LogP) is 2.36. The second-order valence-electron chi connectivity index (χ2n) is 2.98. The van der Waals surface area contributed by atoms with Gasteiger partial charge >= 0.3 is 0 Å². The van der Waals surface area contributed by atoms with Crippen molar-refractivity contribution in [3.05, 3.63) is 23.3 Å². The van der Waals surface area contributed by atoms with Gasteiger partial charge in [0.1, 0.15) is 0 Å². The predicted molar refractivity (Wildman–Crippen MR) is 44.8 cm³/mol. The van der Waals surface area contributed by atoms with Crippen LogP contribution in [-0.2, 0) is 0 Å². The molecule has 2 radical (unpaired) electrons.